The molecule has 5 heteroatoms. The number of hydrogen-bond donors (Lipinski definition) is 1. The lowest BCUT2D eigenvalue weighted by Gasteiger charge is -2.06. The summed E-state index contributed by atoms with van der Waals surface area (Å²) in [5.74, 6) is 0.946. The fourth-order valence-electron chi connectivity index (χ4n) is 2.31. The Kier molecular flexibility index (Phi) is 5.28. The van der Waals surface area contributed by atoms with Gasteiger partial charge in [0.25, 0.3) is 0 Å². The van der Waals surface area contributed by atoms with Crippen LogP contribution in [-0.4, -0.2) is 10.9 Å². The van der Waals surface area contributed by atoms with Gasteiger partial charge < -0.3 is 9.52 Å². The number of aromatic hydroxyl groups is 1. The lowest BCUT2D eigenvalue weighted by molar-refractivity contribution is 0.430. The van der Waals surface area contributed by atoms with E-state index < -0.39 is 5.63 Å². The van der Waals surface area contributed by atoms with Crippen molar-refractivity contribution in [3.63, 3.8) is 0 Å². The second-order valence-corrected chi connectivity index (χ2v) is 6.75. The van der Waals surface area contributed by atoms with Crippen LogP contribution in [0.15, 0.2) is 74.8 Å². The molecule has 0 aliphatic heterocycles. The van der Waals surface area contributed by atoms with Crippen molar-refractivity contribution in [2.24, 2.45) is 0 Å². The summed E-state index contributed by atoms with van der Waals surface area (Å²) in [6, 6.07) is 18.3. The lowest BCUT2D eigenvalue weighted by Crippen LogP contribution is -2.04. The molecule has 3 rings (SSSR count). The molecule has 0 unspecified atom stereocenters. The average molecular weight is 359 g/mol. The maximum atomic E-state index is 12.2. The van der Waals surface area contributed by atoms with Crippen molar-refractivity contribution in [3.05, 3.63) is 81.7 Å². The summed E-state index contributed by atoms with van der Waals surface area (Å²) in [6.07, 6.45) is 0.741. The molecule has 1 N–H and O–H groups in total. The lowest BCUT2D eigenvalue weighted by atomic mass is 10.1. The van der Waals surface area contributed by atoms with Crippen molar-refractivity contribution >= 4 is 23.4 Å². The molecular formula is C19H15ClO3S. The Labute approximate surface area is 148 Å². The first kappa shape index (κ1) is 16.7. The highest BCUT2D eigenvalue weighted by Gasteiger charge is 2.13. The zero-order valence-corrected chi connectivity index (χ0v) is 14.3. The molecule has 0 radical (unpaired) electrons. The molecule has 3 aromatic rings. The van der Waals surface area contributed by atoms with Crippen molar-refractivity contribution < 1.29 is 9.52 Å². The van der Waals surface area contributed by atoms with Crippen LogP contribution in [0.5, 0.6) is 5.75 Å². The molecule has 1 aromatic heterocycles. The van der Waals surface area contributed by atoms with Crippen LogP contribution >= 0.6 is 23.4 Å². The van der Waals surface area contributed by atoms with Crippen LogP contribution in [0.3, 0.4) is 0 Å². The summed E-state index contributed by atoms with van der Waals surface area (Å²) in [5, 5.41) is 10.9. The molecule has 24 heavy (non-hydrogen) atoms. The molecule has 0 amide bonds. The molecule has 1 heterocycles. The number of rotatable bonds is 5. The van der Waals surface area contributed by atoms with Crippen LogP contribution in [0.25, 0.3) is 11.3 Å². The number of thioether (sulfide) groups is 1. The number of hydrogen-bond acceptors (Lipinski definition) is 4. The summed E-state index contributed by atoms with van der Waals surface area (Å²) in [7, 11) is 0. The third-order valence-corrected chi connectivity index (χ3v) is 4.78. The first-order valence-corrected chi connectivity index (χ1v) is 8.79. The van der Waals surface area contributed by atoms with Crippen LogP contribution in [0.1, 0.15) is 5.56 Å². The zero-order chi connectivity index (χ0) is 16.9. The minimum atomic E-state index is -0.523. The van der Waals surface area contributed by atoms with Gasteiger partial charge in [0, 0.05) is 22.4 Å². The van der Waals surface area contributed by atoms with Crippen molar-refractivity contribution in [2.75, 3.05) is 5.75 Å². The van der Waals surface area contributed by atoms with Crippen molar-refractivity contribution in [1.29, 1.82) is 0 Å². The van der Waals surface area contributed by atoms with E-state index in [1.807, 2.05) is 54.6 Å². The molecule has 0 aliphatic carbocycles. The zero-order valence-electron chi connectivity index (χ0n) is 12.7. The molecule has 2 aromatic carbocycles. The summed E-state index contributed by atoms with van der Waals surface area (Å²) in [5.41, 5.74) is 1.31. The van der Waals surface area contributed by atoms with E-state index in [2.05, 4.69) is 0 Å². The van der Waals surface area contributed by atoms with Gasteiger partial charge in [0.05, 0.1) is 0 Å². The second-order valence-electron chi connectivity index (χ2n) is 5.21. The summed E-state index contributed by atoms with van der Waals surface area (Å²) in [4.78, 5) is 12.4. The topological polar surface area (TPSA) is 50.4 Å². The minimum Gasteiger partial charge on any atom is -0.506 e. The van der Waals surface area contributed by atoms with Gasteiger partial charge >= 0.3 is 5.63 Å². The van der Waals surface area contributed by atoms with Gasteiger partial charge in [-0.1, -0.05) is 54.1 Å². The highest BCUT2D eigenvalue weighted by Crippen LogP contribution is 2.30. The molecule has 0 saturated heterocycles. The third kappa shape index (κ3) is 4.02. The first-order valence-electron chi connectivity index (χ1n) is 7.43. The van der Waals surface area contributed by atoms with Crippen LogP contribution < -0.4 is 5.63 Å². The van der Waals surface area contributed by atoms with Gasteiger partial charge in [0.15, 0.2) is 0 Å². The maximum absolute atomic E-state index is 12.2. The summed E-state index contributed by atoms with van der Waals surface area (Å²) in [6.45, 7) is 0. The molecular weight excluding hydrogens is 344 g/mol. The quantitative estimate of drug-likeness (QED) is 0.652. The van der Waals surface area contributed by atoms with Gasteiger partial charge in [-0.05, 0) is 24.1 Å². The van der Waals surface area contributed by atoms with Crippen molar-refractivity contribution in [2.45, 2.75) is 11.3 Å². The third-order valence-electron chi connectivity index (χ3n) is 3.47. The Morgan fingerprint density at radius 1 is 1.04 bits per heavy atom. The van der Waals surface area contributed by atoms with Gasteiger partial charge in [-0.25, -0.2) is 4.79 Å². The van der Waals surface area contributed by atoms with E-state index in [4.69, 9.17) is 16.0 Å². The van der Waals surface area contributed by atoms with E-state index in [-0.39, 0.29) is 10.6 Å². The molecule has 0 saturated carbocycles. The Morgan fingerprint density at radius 3 is 2.54 bits per heavy atom. The van der Waals surface area contributed by atoms with E-state index in [9.17, 15) is 9.90 Å². The average Bonchev–Trinajstić information content (AvgIpc) is 2.58. The molecule has 0 aliphatic rings. The standard InChI is InChI=1S/C19H15ClO3S/c20-15-8-4-5-13(11-15)9-10-24-18-16(21)12-17(23-19(18)22)14-6-2-1-3-7-14/h1-8,11-12,21H,9-10H2. The molecule has 0 atom stereocenters. The molecule has 3 nitrogen and oxygen atoms in total. The first-order chi connectivity index (χ1) is 11.6. The normalized spacial score (nSPS) is 10.7. The van der Waals surface area contributed by atoms with Gasteiger partial charge in [-0.3, -0.25) is 0 Å². The van der Waals surface area contributed by atoms with Gasteiger partial charge in [-0.15, -0.1) is 11.8 Å². The fourth-order valence-corrected chi connectivity index (χ4v) is 3.43. The SMILES string of the molecule is O=c1oc(-c2ccccc2)cc(O)c1SCCc1cccc(Cl)c1. The van der Waals surface area contributed by atoms with E-state index in [0.717, 1.165) is 17.5 Å². The number of halogens is 1. The summed E-state index contributed by atoms with van der Waals surface area (Å²) >= 11 is 7.23. The van der Waals surface area contributed by atoms with E-state index in [0.29, 0.717) is 16.5 Å². The monoisotopic (exact) mass is 358 g/mol. The van der Waals surface area contributed by atoms with Crippen molar-refractivity contribution in [3.8, 4) is 17.1 Å². The maximum Gasteiger partial charge on any atom is 0.353 e. The molecule has 122 valence electrons. The Balaban J connectivity index is 1.74. The van der Waals surface area contributed by atoms with E-state index in [1.165, 1.54) is 17.8 Å². The number of benzene rings is 2. The summed E-state index contributed by atoms with van der Waals surface area (Å²) < 4.78 is 5.34. The van der Waals surface area contributed by atoms with Crippen LogP contribution in [-0.2, 0) is 6.42 Å². The van der Waals surface area contributed by atoms with Gasteiger partial charge in [0.2, 0.25) is 0 Å². The fraction of sp³-hybridized carbons (Fsp3) is 0.105. The van der Waals surface area contributed by atoms with Gasteiger partial charge in [0.1, 0.15) is 16.4 Å². The van der Waals surface area contributed by atoms with Crippen LogP contribution in [0, 0.1) is 0 Å². The van der Waals surface area contributed by atoms with E-state index >= 15 is 0 Å². The van der Waals surface area contributed by atoms with Gasteiger partial charge in [-0.2, -0.15) is 0 Å². The molecule has 0 spiro atoms. The van der Waals surface area contributed by atoms with Crippen LogP contribution in [0.2, 0.25) is 5.02 Å². The molecule has 0 bridgehead atoms. The minimum absolute atomic E-state index is 0.0544. The van der Waals surface area contributed by atoms with Crippen molar-refractivity contribution in [1.82, 2.24) is 0 Å². The highest BCUT2D eigenvalue weighted by atomic mass is 35.5. The Morgan fingerprint density at radius 2 is 1.83 bits per heavy atom. The predicted octanol–water partition coefficient (Wildman–Crippen LogP) is 5.00. The van der Waals surface area contributed by atoms with E-state index in [1.54, 1.807) is 0 Å². The predicted molar refractivity (Wildman–Crippen MR) is 98.0 cm³/mol. The van der Waals surface area contributed by atoms with Crippen LogP contribution in [0.4, 0.5) is 0 Å². The Hall–Kier alpha value is -2.17. The smallest absolute Gasteiger partial charge is 0.353 e. The molecule has 0 fully saturated rings. The number of aryl methyl sites for hydroxylation is 1. The highest BCUT2D eigenvalue weighted by molar-refractivity contribution is 7.99. The second kappa shape index (κ2) is 7.60. The largest absolute Gasteiger partial charge is 0.506 e. The Bertz CT molecular complexity index is 891.